The summed E-state index contributed by atoms with van der Waals surface area (Å²) in [5.74, 6) is 0.179. The van der Waals surface area contributed by atoms with E-state index in [2.05, 4.69) is 4.72 Å². The van der Waals surface area contributed by atoms with Crippen molar-refractivity contribution < 1.29 is 12.8 Å². The van der Waals surface area contributed by atoms with Gasteiger partial charge in [-0.05, 0) is 61.8 Å². The monoisotopic (exact) mass is 300 g/mol. The lowest BCUT2D eigenvalue weighted by Crippen LogP contribution is -2.37. The second-order valence-electron chi connectivity index (χ2n) is 5.65. The van der Waals surface area contributed by atoms with Crippen LogP contribution >= 0.6 is 0 Å². The van der Waals surface area contributed by atoms with Crippen LogP contribution in [-0.2, 0) is 16.4 Å². The molecule has 2 rings (SSSR count). The maximum absolute atomic E-state index is 13.2. The lowest BCUT2D eigenvalue weighted by Gasteiger charge is -2.28. The van der Waals surface area contributed by atoms with Gasteiger partial charge in [0, 0.05) is 11.7 Å². The number of nitrogens with one attached hydrogen (secondary N) is 1. The molecule has 0 aromatic heterocycles. The van der Waals surface area contributed by atoms with E-state index >= 15 is 0 Å². The first-order valence-electron chi connectivity index (χ1n) is 6.84. The molecule has 112 valence electrons. The van der Waals surface area contributed by atoms with Crippen molar-refractivity contribution in [2.75, 3.05) is 12.0 Å². The van der Waals surface area contributed by atoms with E-state index in [9.17, 15) is 12.8 Å². The molecule has 1 aromatic carbocycles. The average Bonchev–Trinajstić information content (AvgIpc) is 2.34. The van der Waals surface area contributed by atoms with Crippen molar-refractivity contribution >= 4 is 15.7 Å². The van der Waals surface area contributed by atoms with Gasteiger partial charge in [0.05, 0.1) is 6.26 Å². The van der Waals surface area contributed by atoms with E-state index in [1.165, 1.54) is 18.4 Å². The molecule has 1 fully saturated rings. The standard InChI is InChI=1S/C14H21FN2O2S/c1-20(18,19)17-13-5-2-10(3-6-13)8-11-9-12(15)4-7-14(11)16/h4,7,9-10,13,17H,2-3,5-6,8,16H2,1H3/t10-,13-. The highest BCUT2D eigenvalue weighted by Gasteiger charge is 2.23. The number of hydrogen-bond donors (Lipinski definition) is 2. The van der Waals surface area contributed by atoms with Crippen molar-refractivity contribution in [3.63, 3.8) is 0 Å². The van der Waals surface area contributed by atoms with Crippen molar-refractivity contribution in [2.45, 2.75) is 38.1 Å². The van der Waals surface area contributed by atoms with Gasteiger partial charge in [-0.3, -0.25) is 0 Å². The van der Waals surface area contributed by atoms with Crippen LogP contribution in [0.1, 0.15) is 31.2 Å². The van der Waals surface area contributed by atoms with Crippen LogP contribution in [0.25, 0.3) is 0 Å². The van der Waals surface area contributed by atoms with E-state index in [1.807, 2.05) is 0 Å². The number of rotatable bonds is 4. The normalized spacial score (nSPS) is 23.7. The van der Waals surface area contributed by atoms with Crippen LogP contribution in [0.2, 0.25) is 0 Å². The second kappa shape index (κ2) is 6.10. The van der Waals surface area contributed by atoms with Crippen molar-refractivity contribution in [1.82, 2.24) is 4.72 Å². The van der Waals surface area contributed by atoms with Crippen LogP contribution in [0.5, 0.6) is 0 Å². The van der Waals surface area contributed by atoms with Gasteiger partial charge in [-0.15, -0.1) is 0 Å². The first kappa shape index (κ1) is 15.3. The van der Waals surface area contributed by atoms with Crippen LogP contribution in [0.3, 0.4) is 0 Å². The predicted molar refractivity (Wildman–Crippen MR) is 78.2 cm³/mol. The Balaban J connectivity index is 1.90. The highest BCUT2D eigenvalue weighted by Crippen LogP contribution is 2.29. The minimum atomic E-state index is -3.13. The third-order valence-corrected chi connectivity index (χ3v) is 4.60. The Morgan fingerprint density at radius 3 is 2.55 bits per heavy atom. The lowest BCUT2D eigenvalue weighted by molar-refractivity contribution is 0.312. The Labute approximate surface area is 119 Å². The molecule has 0 spiro atoms. The van der Waals surface area contributed by atoms with Crippen molar-refractivity contribution in [2.24, 2.45) is 5.92 Å². The number of benzene rings is 1. The third kappa shape index (κ3) is 4.45. The molecule has 4 nitrogen and oxygen atoms in total. The smallest absolute Gasteiger partial charge is 0.208 e. The number of anilines is 1. The highest BCUT2D eigenvalue weighted by molar-refractivity contribution is 7.88. The molecule has 0 radical (unpaired) electrons. The summed E-state index contributed by atoms with van der Waals surface area (Å²) in [6, 6.07) is 4.50. The van der Waals surface area contributed by atoms with Crippen molar-refractivity contribution in [1.29, 1.82) is 0 Å². The Hall–Kier alpha value is -1.14. The predicted octanol–water partition coefficient (Wildman–Crippen LogP) is 2.06. The number of sulfonamides is 1. The van der Waals surface area contributed by atoms with Gasteiger partial charge in [0.25, 0.3) is 0 Å². The van der Waals surface area contributed by atoms with E-state index in [0.29, 0.717) is 11.6 Å². The molecule has 0 heterocycles. The fourth-order valence-corrected chi connectivity index (χ4v) is 3.69. The number of halogens is 1. The quantitative estimate of drug-likeness (QED) is 0.836. The SMILES string of the molecule is CS(=O)(=O)N[C@H]1CC[C@H](Cc2cc(F)ccc2N)CC1. The van der Waals surface area contributed by atoms with Crippen molar-refractivity contribution in [3.05, 3.63) is 29.6 Å². The molecule has 6 heteroatoms. The van der Waals surface area contributed by atoms with Gasteiger partial charge in [0.2, 0.25) is 10.0 Å². The molecule has 0 saturated heterocycles. The van der Waals surface area contributed by atoms with E-state index in [1.54, 1.807) is 6.07 Å². The van der Waals surface area contributed by atoms with Gasteiger partial charge in [-0.1, -0.05) is 0 Å². The van der Waals surface area contributed by atoms with Crippen LogP contribution in [0, 0.1) is 11.7 Å². The molecule has 0 amide bonds. The molecule has 0 bridgehead atoms. The first-order chi connectivity index (χ1) is 9.33. The lowest BCUT2D eigenvalue weighted by atomic mass is 9.82. The van der Waals surface area contributed by atoms with Crippen LogP contribution in [0.4, 0.5) is 10.1 Å². The Kier molecular flexibility index (Phi) is 4.65. The van der Waals surface area contributed by atoms with E-state index in [4.69, 9.17) is 5.73 Å². The van der Waals surface area contributed by atoms with Crippen molar-refractivity contribution in [3.8, 4) is 0 Å². The zero-order valence-corrected chi connectivity index (χ0v) is 12.4. The molecule has 0 aliphatic heterocycles. The Bertz CT molecular complexity index is 567. The molecule has 1 aromatic rings. The molecule has 20 heavy (non-hydrogen) atoms. The van der Waals surface area contributed by atoms with Gasteiger partial charge >= 0.3 is 0 Å². The summed E-state index contributed by atoms with van der Waals surface area (Å²) < 4.78 is 38.2. The topological polar surface area (TPSA) is 72.2 Å². The fraction of sp³-hybridized carbons (Fsp3) is 0.571. The summed E-state index contributed by atoms with van der Waals surface area (Å²) in [5.41, 5.74) is 7.34. The Morgan fingerprint density at radius 1 is 1.30 bits per heavy atom. The summed E-state index contributed by atoms with van der Waals surface area (Å²) in [6.07, 6.45) is 5.47. The largest absolute Gasteiger partial charge is 0.399 e. The molecule has 3 N–H and O–H groups in total. The number of hydrogen-bond acceptors (Lipinski definition) is 3. The molecule has 1 aliphatic carbocycles. The van der Waals surface area contributed by atoms with Gasteiger partial charge in [-0.25, -0.2) is 17.5 Å². The Morgan fingerprint density at radius 2 is 1.95 bits per heavy atom. The summed E-state index contributed by atoms with van der Waals surface area (Å²) in [4.78, 5) is 0. The molecule has 0 atom stereocenters. The van der Waals surface area contributed by atoms with E-state index < -0.39 is 10.0 Å². The van der Waals surface area contributed by atoms with Crippen LogP contribution in [0.15, 0.2) is 18.2 Å². The van der Waals surface area contributed by atoms with Gasteiger partial charge in [0.15, 0.2) is 0 Å². The first-order valence-corrected chi connectivity index (χ1v) is 8.74. The number of nitrogens with two attached hydrogens (primary N) is 1. The average molecular weight is 300 g/mol. The summed E-state index contributed by atoms with van der Waals surface area (Å²) in [7, 11) is -3.13. The molecule has 1 saturated carbocycles. The molecular weight excluding hydrogens is 279 g/mol. The van der Waals surface area contributed by atoms with Gasteiger partial charge < -0.3 is 5.73 Å². The summed E-state index contributed by atoms with van der Waals surface area (Å²) in [6.45, 7) is 0. The fourth-order valence-electron chi connectivity index (χ4n) is 2.85. The van der Waals surface area contributed by atoms with Gasteiger partial charge in [-0.2, -0.15) is 0 Å². The molecule has 1 aliphatic rings. The third-order valence-electron chi connectivity index (χ3n) is 3.84. The summed E-state index contributed by atoms with van der Waals surface area (Å²) in [5, 5.41) is 0. The van der Waals surface area contributed by atoms with Crippen LogP contribution < -0.4 is 10.5 Å². The molecular formula is C14H21FN2O2S. The van der Waals surface area contributed by atoms with E-state index in [0.717, 1.165) is 37.7 Å². The zero-order chi connectivity index (χ0) is 14.8. The molecule has 0 unspecified atom stereocenters. The van der Waals surface area contributed by atoms with Gasteiger partial charge in [0.1, 0.15) is 5.82 Å². The summed E-state index contributed by atoms with van der Waals surface area (Å²) >= 11 is 0. The van der Waals surface area contributed by atoms with E-state index in [-0.39, 0.29) is 11.9 Å². The minimum absolute atomic E-state index is 0.0334. The minimum Gasteiger partial charge on any atom is -0.399 e. The highest BCUT2D eigenvalue weighted by atomic mass is 32.2. The number of nitrogen functional groups attached to an aromatic ring is 1. The van der Waals surface area contributed by atoms with Crippen LogP contribution in [-0.4, -0.2) is 20.7 Å². The second-order valence-corrected chi connectivity index (χ2v) is 7.43. The maximum Gasteiger partial charge on any atom is 0.208 e. The zero-order valence-electron chi connectivity index (χ0n) is 11.6. The maximum atomic E-state index is 13.2.